The van der Waals surface area contributed by atoms with Gasteiger partial charge in [0, 0.05) is 23.2 Å². The molecule has 2 aromatic carbocycles. The number of carbonyl (C=O) groups excluding carboxylic acids is 1. The van der Waals surface area contributed by atoms with Crippen LogP contribution in [0.4, 0.5) is 5.69 Å². The maximum absolute atomic E-state index is 13.4. The van der Waals surface area contributed by atoms with Gasteiger partial charge in [0.25, 0.3) is 0 Å². The van der Waals surface area contributed by atoms with Crippen molar-refractivity contribution in [2.24, 2.45) is 0 Å². The molecule has 1 amide bonds. The maximum atomic E-state index is 13.4. The molecule has 0 aliphatic carbocycles. The molecule has 2 aromatic heterocycles. The number of aromatic nitrogens is 3. The number of rotatable bonds is 4. The number of pyridine rings is 1. The molecule has 0 saturated carbocycles. The minimum Gasteiger partial charge on any atom is -0.497 e. The average molecular weight is 433 g/mol. The van der Waals surface area contributed by atoms with E-state index in [2.05, 4.69) is 36.2 Å². The Labute approximate surface area is 185 Å². The molecule has 0 spiro atoms. The molecule has 3 heterocycles. The highest BCUT2D eigenvalue weighted by molar-refractivity contribution is 8.00. The second kappa shape index (κ2) is 7.57. The van der Waals surface area contributed by atoms with Crippen LogP contribution in [0.15, 0.2) is 53.7 Å². The first-order valence-electron chi connectivity index (χ1n) is 10.4. The number of methoxy groups -OCH3 is 1. The number of aryl methyl sites for hydroxylation is 1. The lowest BCUT2D eigenvalue weighted by atomic mass is 10.1. The van der Waals surface area contributed by atoms with Crippen LogP contribution in [0, 0.1) is 6.92 Å². The van der Waals surface area contributed by atoms with Crippen molar-refractivity contribution in [3.8, 4) is 5.75 Å². The van der Waals surface area contributed by atoms with E-state index in [-0.39, 0.29) is 17.2 Å². The van der Waals surface area contributed by atoms with Gasteiger partial charge in [0.1, 0.15) is 5.75 Å². The van der Waals surface area contributed by atoms with E-state index in [9.17, 15) is 4.79 Å². The van der Waals surface area contributed by atoms with Gasteiger partial charge < -0.3 is 9.64 Å². The summed E-state index contributed by atoms with van der Waals surface area (Å²) in [5.41, 5.74) is 5.11. The number of carbonyl (C=O) groups is 1. The van der Waals surface area contributed by atoms with Crippen LogP contribution in [0.2, 0.25) is 0 Å². The summed E-state index contributed by atoms with van der Waals surface area (Å²) in [6.07, 6.45) is 0.886. The molecule has 1 aliphatic heterocycles. The van der Waals surface area contributed by atoms with Crippen molar-refractivity contribution in [2.75, 3.05) is 12.0 Å². The SMILES string of the molecule is COc1ccc2c(C)cc3nnc(S[C@H](C)C(=O)N4c5ccccc5C[C@@H]4C)n3c2c1. The molecular weight excluding hydrogens is 408 g/mol. The summed E-state index contributed by atoms with van der Waals surface area (Å²) in [4.78, 5) is 15.4. The van der Waals surface area contributed by atoms with Crippen LogP contribution in [0.5, 0.6) is 5.75 Å². The van der Waals surface area contributed by atoms with Crippen LogP contribution < -0.4 is 9.64 Å². The van der Waals surface area contributed by atoms with Crippen molar-refractivity contribution >= 4 is 39.9 Å². The molecule has 0 N–H and O–H groups in total. The standard InChI is InChI=1S/C24H24N4O2S/c1-14-11-22-25-26-24(28(22)21-13-18(30-4)9-10-19(14)21)31-16(3)23(29)27-15(2)12-17-7-5-6-8-20(17)27/h5-11,13,15-16H,12H2,1-4H3/t15-,16+/m0/s1. The van der Waals surface area contributed by atoms with Gasteiger partial charge in [0.05, 0.1) is 17.9 Å². The minimum atomic E-state index is -0.303. The zero-order chi connectivity index (χ0) is 21.7. The van der Waals surface area contributed by atoms with Crippen LogP contribution in [-0.2, 0) is 11.2 Å². The fourth-order valence-corrected chi connectivity index (χ4v) is 5.33. The van der Waals surface area contributed by atoms with Gasteiger partial charge in [-0.2, -0.15) is 0 Å². The van der Waals surface area contributed by atoms with Gasteiger partial charge >= 0.3 is 0 Å². The largest absolute Gasteiger partial charge is 0.497 e. The van der Waals surface area contributed by atoms with E-state index < -0.39 is 0 Å². The molecule has 0 saturated heterocycles. The quantitative estimate of drug-likeness (QED) is 0.439. The van der Waals surface area contributed by atoms with E-state index in [1.807, 2.05) is 52.6 Å². The highest BCUT2D eigenvalue weighted by atomic mass is 32.2. The van der Waals surface area contributed by atoms with E-state index >= 15 is 0 Å². The molecule has 7 heteroatoms. The summed E-state index contributed by atoms with van der Waals surface area (Å²) < 4.78 is 7.45. The van der Waals surface area contributed by atoms with Crippen molar-refractivity contribution in [1.29, 1.82) is 0 Å². The number of amides is 1. The lowest BCUT2D eigenvalue weighted by molar-refractivity contribution is -0.118. The van der Waals surface area contributed by atoms with Gasteiger partial charge in [-0.05, 0) is 62.6 Å². The molecule has 158 valence electrons. The van der Waals surface area contributed by atoms with E-state index in [1.165, 1.54) is 17.3 Å². The van der Waals surface area contributed by atoms with Gasteiger partial charge in [-0.1, -0.05) is 30.0 Å². The van der Waals surface area contributed by atoms with Crippen LogP contribution >= 0.6 is 11.8 Å². The van der Waals surface area contributed by atoms with Crippen molar-refractivity contribution in [3.05, 3.63) is 59.7 Å². The van der Waals surface area contributed by atoms with Crippen LogP contribution in [0.1, 0.15) is 25.0 Å². The zero-order valence-electron chi connectivity index (χ0n) is 18.0. The molecule has 6 nitrogen and oxygen atoms in total. The predicted octanol–water partition coefficient (Wildman–Crippen LogP) is 4.66. The Morgan fingerprint density at radius 2 is 2.00 bits per heavy atom. The number of ether oxygens (including phenoxy) is 1. The summed E-state index contributed by atoms with van der Waals surface area (Å²) in [6.45, 7) is 6.11. The number of anilines is 1. The van der Waals surface area contributed by atoms with Crippen molar-refractivity contribution < 1.29 is 9.53 Å². The molecular formula is C24H24N4O2S. The number of fused-ring (bicyclic) bond motifs is 4. The Kier molecular flexibility index (Phi) is 4.85. The fraction of sp³-hybridized carbons (Fsp3) is 0.292. The molecule has 31 heavy (non-hydrogen) atoms. The lowest BCUT2D eigenvalue weighted by Crippen LogP contribution is -2.40. The molecule has 0 radical (unpaired) electrons. The third-order valence-corrected chi connectivity index (χ3v) is 6.98. The summed E-state index contributed by atoms with van der Waals surface area (Å²) in [6, 6.07) is 16.3. The van der Waals surface area contributed by atoms with Crippen LogP contribution in [0.25, 0.3) is 16.6 Å². The maximum Gasteiger partial charge on any atom is 0.240 e. The summed E-state index contributed by atoms with van der Waals surface area (Å²) in [5.74, 6) is 0.865. The lowest BCUT2D eigenvalue weighted by Gasteiger charge is -2.25. The second-order valence-electron chi connectivity index (χ2n) is 8.04. The topological polar surface area (TPSA) is 59.7 Å². The van der Waals surface area contributed by atoms with E-state index in [0.29, 0.717) is 5.16 Å². The number of hydrogen-bond acceptors (Lipinski definition) is 5. The molecule has 4 aromatic rings. The Morgan fingerprint density at radius 1 is 1.19 bits per heavy atom. The third kappa shape index (κ3) is 3.24. The Morgan fingerprint density at radius 3 is 2.81 bits per heavy atom. The third-order valence-electron chi connectivity index (χ3n) is 5.95. The summed E-state index contributed by atoms with van der Waals surface area (Å²) in [5, 5.41) is 10.3. The molecule has 1 aliphatic rings. The molecule has 0 fully saturated rings. The van der Waals surface area contributed by atoms with Gasteiger partial charge in [-0.15, -0.1) is 10.2 Å². The Balaban J connectivity index is 1.52. The summed E-state index contributed by atoms with van der Waals surface area (Å²) >= 11 is 1.44. The molecule has 2 atom stereocenters. The van der Waals surface area contributed by atoms with Gasteiger partial charge in [0.15, 0.2) is 10.8 Å². The highest BCUT2D eigenvalue weighted by Crippen LogP contribution is 2.35. The smallest absolute Gasteiger partial charge is 0.240 e. The van der Waals surface area contributed by atoms with Crippen molar-refractivity contribution in [2.45, 2.75) is 43.6 Å². The molecule has 0 unspecified atom stereocenters. The monoisotopic (exact) mass is 432 g/mol. The van der Waals surface area contributed by atoms with E-state index in [0.717, 1.165) is 40.0 Å². The van der Waals surface area contributed by atoms with Crippen LogP contribution in [-0.4, -0.2) is 38.9 Å². The molecule has 5 rings (SSSR count). The van der Waals surface area contributed by atoms with Gasteiger partial charge in [0.2, 0.25) is 5.91 Å². The predicted molar refractivity (Wildman–Crippen MR) is 124 cm³/mol. The van der Waals surface area contributed by atoms with Crippen molar-refractivity contribution in [3.63, 3.8) is 0 Å². The van der Waals surface area contributed by atoms with Crippen LogP contribution in [0.3, 0.4) is 0 Å². The van der Waals surface area contributed by atoms with Gasteiger partial charge in [-0.3, -0.25) is 9.20 Å². The first kappa shape index (κ1) is 19.9. The number of thioether (sulfide) groups is 1. The number of nitrogens with zero attached hydrogens (tertiary/aromatic N) is 4. The highest BCUT2D eigenvalue weighted by Gasteiger charge is 2.34. The number of hydrogen-bond donors (Lipinski definition) is 0. The minimum absolute atomic E-state index is 0.0909. The first-order chi connectivity index (χ1) is 15.0. The average Bonchev–Trinajstić information content (AvgIpc) is 3.32. The summed E-state index contributed by atoms with van der Waals surface area (Å²) in [7, 11) is 1.66. The fourth-order valence-electron chi connectivity index (χ4n) is 4.41. The van der Waals surface area contributed by atoms with Gasteiger partial charge in [-0.25, -0.2) is 0 Å². The van der Waals surface area contributed by atoms with Crippen molar-refractivity contribution in [1.82, 2.24) is 14.6 Å². The van der Waals surface area contributed by atoms with E-state index in [4.69, 9.17) is 4.74 Å². The number of benzene rings is 2. The first-order valence-corrected chi connectivity index (χ1v) is 11.3. The Bertz CT molecular complexity index is 1320. The van der Waals surface area contributed by atoms with E-state index in [1.54, 1.807) is 7.11 Å². The zero-order valence-corrected chi connectivity index (χ0v) is 18.8. The number of para-hydroxylation sites is 1. The normalized spacial score (nSPS) is 16.6. The molecule has 0 bridgehead atoms. The second-order valence-corrected chi connectivity index (χ2v) is 9.34. The Hall–Kier alpha value is -3.06.